The van der Waals surface area contributed by atoms with Gasteiger partial charge >= 0.3 is 0 Å². The molecule has 1 aliphatic carbocycles. The maximum atomic E-state index is 12.3. The monoisotopic (exact) mass is 278 g/mol. The highest BCUT2D eigenvalue weighted by Crippen LogP contribution is 2.59. The fourth-order valence-corrected chi connectivity index (χ4v) is 3.38. The smallest absolute Gasteiger partial charge is 0.230 e. The van der Waals surface area contributed by atoms with E-state index in [1.54, 1.807) is 11.3 Å². The van der Waals surface area contributed by atoms with Crippen molar-refractivity contribution >= 4 is 22.4 Å². The molecule has 1 aliphatic rings. The maximum absolute atomic E-state index is 12.3. The molecule has 1 aromatic rings. The molecular weight excluding hydrogens is 256 g/mol. The summed E-state index contributed by atoms with van der Waals surface area (Å²) in [5, 5.41) is 3.68. The van der Waals surface area contributed by atoms with Gasteiger partial charge in [-0.3, -0.25) is 4.79 Å². The minimum atomic E-state index is 0.0582. The number of nitrogens with zero attached hydrogens (tertiary/aromatic N) is 1. The van der Waals surface area contributed by atoms with Crippen LogP contribution in [0.15, 0.2) is 11.6 Å². The number of allylic oxidation sites excluding steroid dienone is 2. The number of hydrogen-bond acceptors (Lipinski definition) is 3. The first kappa shape index (κ1) is 14.3. The Kier molecular flexibility index (Phi) is 3.56. The lowest BCUT2D eigenvalue weighted by Crippen LogP contribution is -2.16. The zero-order chi connectivity index (χ0) is 14.4. The number of aromatic nitrogens is 1. The van der Waals surface area contributed by atoms with Crippen LogP contribution in [0.2, 0.25) is 0 Å². The van der Waals surface area contributed by atoms with Crippen LogP contribution in [-0.4, -0.2) is 10.9 Å². The molecule has 1 amide bonds. The first-order valence-corrected chi connectivity index (χ1v) is 7.45. The predicted molar refractivity (Wildman–Crippen MR) is 80.4 cm³/mol. The zero-order valence-electron chi connectivity index (χ0n) is 12.5. The molecule has 1 N–H and O–H groups in total. The second-order valence-electron chi connectivity index (χ2n) is 6.22. The van der Waals surface area contributed by atoms with Crippen molar-refractivity contribution in [2.75, 3.05) is 5.32 Å². The van der Waals surface area contributed by atoms with E-state index in [2.05, 4.69) is 44.1 Å². The third-order valence-electron chi connectivity index (χ3n) is 3.96. The summed E-state index contributed by atoms with van der Waals surface area (Å²) in [5.74, 6) is 0.507. The highest BCUT2D eigenvalue weighted by atomic mass is 32.1. The minimum absolute atomic E-state index is 0.0582. The number of rotatable bonds is 3. The Hall–Kier alpha value is -1.16. The van der Waals surface area contributed by atoms with Crippen molar-refractivity contribution in [3.05, 3.63) is 22.2 Å². The Bertz CT molecular complexity index is 519. The standard InChI is InChI=1S/C15H22N2OS/c1-8(2)7-11-12(15(11,5)6)13(18)17-14-16-9(3)10(4)19-14/h7,11-12H,1-6H3,(H,16,17,18). The number of nitrogens with one attached hydrogen (secondary N) is 1. The van der Waals surface area contributed by atoms with Crippen LogP contribution in [0.25, 0.3) is 0 Å². The van der Waals surface area contributed by atoms with Gasteiger partial charge in [0, 0.05) is 4.88 Å². The normalized spacial score (nSPS) is 23.9. The first-order valence-electron chi connectivity index (χ1n) is 6.63. The number of thiazole rings is 1. The molecule has 19 heavy (non-hydrogen) atoms. The summed E-state index contributed by atoms with van der Waals surface area (Å²) in [7, 11) is 0. The summed E-state index contributed by atoms with van der Waals surface area (Å²) in [6, 6.07) is 0. The minimum Gasteiger partial charge on any atom is -0.302 e. The van der Waals surface area contributed by atoms with Crippen LogP contribution >= 0.6 is 11.3 Å². The largest absolute Gasteiger partial charge is 0.302 e. The lowest BCUT2D eigenvalue weighted by molar-refractivity contribution is -0.118. The van der Waals surface area contributed by atoms with E-state index in [1.165, 1.54) is 5.57 Å². The molecule has 0 spiro atoms. The van der Waals surface area contributed by atoms with Crippen LogP contribution in [0, 0.1) is 31.1 Å². The van der Waals surface area contributed by atoms with Gasteiger partial charge in [0.05, 0.1) is 11.6 Å². The molecule has 2 rings (SSSR count). The number of anilines is 1. The second-order valence-corrected chi connectivity index (χ2v) is 7.42. The van der Waals surface area contributed by atoms with Gasteiger partial charge in [0.15, 0.2) is 5.13 Å². The summed E-state index contributed by atoms with van der Waals surface area (Å²) >= 11 is 1.54. The summed E-state index contributed by atoms with van der Waals surface area (Å²) in [5.41, 5.74) is 2.33. The molecule has 0 bridgehead atoms. The second kappa shape index (κ2) is 4.75. The van der Waals surface area contributed by atoms with Crippen molar-refractivity contribution in [1.29, 1.82) is 0 Å². The lowest BCUT2D eigenvalue weighted by Gasteiger charge is -2.02. The Labute approximate surface area is 119 Å². The van der Waals surface area contributed by atoms with Gasteiger partial charge in [-0.1, -0.05) is 25.5 Å². The van der Waals surface area contributed by atoms with E-state index in [4.69, 9.17) is 0 Å². The summed E-state index contributed by atoms with van der Waals surface area (Å²) in [4.78, 5) is 17.9. The summed E-state index contributed by atoms with van der Waals surface area (Å²) in [6.07, 6.45) is 2.21. The summed E-state index contributed by atoms with van der Waals surface area (Å²) in [6.45, 7) is 12.5. The van der Waals surface area contributed by atoms with Crippen molar-refractivity contribution in [3.8, 4) is 0 Å². The molecule has 3 nitrogen and oxygen atoms in total. The van der Waals surface area contributed by atoms with E-state index in [1.807, 2.05) is 13.8 Å². The highest BCUT2D eigenvalue weighted by Gasteiger charge is 2.60. The van der Waals surface area contributed by atoms with Crippen LogP contribution in [0.3, 0.4) is 0 Å². The third kappa shape index (κ3) is 2.73. The zero-order valence-corrected chi connectivity index (χ0v) is 13.3. The Morgan fingerprint density at radius 3 is 2.47 bits per heavy atom. The first-order chi connectivity index (χ1) is 8.73. The number of carbonyl (C=O) groups excluding carboxylic acids is 1. The van der Waals surface area contributed by atoms with Crippen LogP contribution in [0.1, 0.15) is 38.3 Å². The van der Waals surface area contributed by atoms with Gasteiger partial charge in [0.25, 0.3) is 0 Å². The topological polar surface area (TPSA) is 42.0 Å². The van der Waals surface area contributed by atoms with Gasteiger partial charge in [-0.2, -0.15) is 0 Å². The lowest BCUT2D eigenvalue weighted by atomic mass is 10.1. The van der Waals surface area contributed by atoms with Gasteiger partial charge in [0.2, 0.25) is 5.91 Å². The quantitative estimate of drug-likeness (QED) is 0.851. The molecule has 2 atom stereocenters. The molecule has 2 unspecified atom stereocenters. The van der Waals surface area contributed by atoms with Crippen molar-refractivity contribution in [1.82, 2.24) is 4.98 Å². The van der Waals surface area contributed by atoms with Gasteiger partial charge in [0.1, 0.15) is 0 Å². The van der Waals surface area contributed by atoms with Crippen LogP contribution in [-0.2, 0) is 4.79 Å². The SMILES string of the molecule is CC(C)=CC1C(C(=O)Nc2nc(C)c(C)s2)C1(C)C. The van der Waals surface area contributed by atoms with Gasteiger partial charge in [-0.25, -0.2) is 4.98 Å². The van der Waals surface area contributed by atoms with E-state index in [9.17, 15) is 4.79 Å². The van der Waals surface area contributed by atoms with E-state index in [0.29, 0.717) is 5.92 Å². The van der Waals surface area contributed by atoms with Crippen molar-refractivity contribution < 1.29 is 4.79 Å². The molecule has 0 radical (unpaired) electrons. The summed E-state index contributed by atoms with van der Waals surface area (Å²) < 4.78 is 0. The molecule has 1 saturated carbocycles. The Morgan fingerprint density at radius 2 is 2.00 bits per heavy atom. The van der Waals surface area contributed by atoms with Crippen molar-refractivity contribution in [2.45, 2.75) is 41.5 Å². The van der Waals surface area contributed by atoms with Crippen LogP contribution in [0.5, 0.6) is 0 Å². The Balaban J connectivity index is 2.07. The molecule has 0 aliphatic heterocycles. The van der Waals surface area contributed by atoms with E-state index < -0.39 is 0 Å². The molecule has 0 aromatic carbocycles. The van der Waals surface area contributed by atoms with E-state index >= 15 is 0 Å². The fourth-order valence-electron chi connectivity index (χ4n) is 2.56. The Morgan fingerprint density at radius 1 is 1.37 bits per heavy atom. The molecule has 104 valence electrons. The van der Waals surface area contributed by atoms with Gasteiger partial charge < -0.3 is 5.32 Å². The molecule has 1 fully saturated rings. The van der Waals surface area contributed by atoms with Crippen LogP contribution < -0.4 is 5.32 Å². The average Bonchev–Trinajstić information content (AvgIpc) is 2.62. The number of amides is 1. The predicted octanol–water partition coefficient (Wildman–Crippen LogP) is 3.94. The molecule has 1 aromatic heterocycles. The number of carbonyl (C=O) groups is 1. The van der Waals surface area contributed by atoms with Crippen molar-refractivity contribution in [3.63, 3.8) is 0 Å². The molecule has 0 saturated heterocycles. The maximum Gasteiger partial charge on any atom is 0.230 e. The molecular formula is C15H22N2OS. The molecule has 4 heteroatoms. The average molecular weight is 278 g/mol. The van der Waals surface area contributed by atoms with E-state index in [0.717, 1.165) is 15.7 Å². The van der Waals surface area contributed by atoms with Gasteiger partial charge in [-0.15, -0.1) is 11.3 Å². The third-order valence-corrected chi connectivity index (χ3v) is 4.95. The van der Waals surface area contributed by atoms with Crippen LogP contribution in [0.4, 0.5) is 5.13 Å². The number of aryl methyl sites for hydroxylation is 2. The van der Waals surface area contributed by atoms with E-state index in [-0.39, 0.29) is 17.2 Å². The highest BCUT2D eigenvalue weighted by molar-refractivity contribution is 7.15. The number of hydrogen-bond donors (Lipinski definition) is 1. The fraction of sp³-hybridized carbons (Fsp3) is 0.600. The molecule has 1 heterocycles. The van der Waals surface area contributed by atoms with Gasteiger partial charge in [-0.05, 0) is 39.0 Å². The van der Waals surface area contributed by atoms with Crippen molar-refractivity contribution in [2.24, 2.45) is 17.3 Å².